The summed E-state index contributed by atoms with van der Waals surface area (Å²) < 4.78 is 2.05. The van der Waals surface area contributed by atoms with Gasteiger partial charge in [0.15, 0.2) is 5.82 Å². The van der Waals surface area contributed by atoms with Gasteiger partial charge in [-0.15, -0.1) is 0 Å². The number of nitrogens with one attached hydrogen (secondary N) is 1. The van der Waals surface area contributed by atoms with Crippen molar-refractivity contribution in [2.24, 2.45) is 0 Å². The molecule has 4 heteroatoms. The molecule has 0 radical (unpaired) electrons. The first kappa shape index (κ1) is 13.5. The lowest BCUT2D eigenvalue weighted by Gasteiger charge is -2.16. The minimum absolute atomic E-state index is 0.426. The molecule has 0 amide bonds. The molecule has 1 N–H and O–H groups in total. The molecule has 22 heavy (non-hydrogen) atoms. The molecule has 0 fully saturated rings. The third kappa shape index (κ3) is 2.11. The highest BCUT2D eigenvalue weighted by Crippen LogP contribution is 2.27. The fraction of sp³-hybridized carbons (Fsp3) is 0.333. The van der Waals surface area contributed by atoms with E-state index in [2.05, 4.69) is 48.1 Å². The Hall–Kier alpha value is -2.20. The number of pyridine rings is 1. The molecule has 3 heterocycles. The molecule has 2 aromatic heterocycles. The molecule has 0 bridgehead atoms. The van der Waals surface area contributed by atoms with Crippen LogP contribution in [0.3, 0.4) is 0 Å². The van der Waals surface area contributed by atoms with Gasteiger partial charge in [-0.2, -0.15) is 5.10 Å². The molecular weight excluding hydrogens is 272 g/mol. The van der Waals surface area contributed by atoms with Crippen LogP contribution in [-0.4, -0.2) is 21.3 Å². The number of hydrogen-bond donors (Lipinski definition) is 1. The van der Waals surface area contributed by atoms with Gasteiger partial charge in [0.2, 0.25) is 0 Å². The molecule has 0 saturated carbocycles. The summed E-state index contributed by atoms with van der Waals surface area (Å²) in [6, 6.07) is 12.4. The lowest BCUT2D eigenvalue weighted by molar-refractivity contribution is 0.619. The molecule has 0 atom stereocenters. The van der Waals surface area contributed by atoms with Gasteiger partial charge < -0.3 is 5.32 Å². The molecule has 0 aliphatic carbocycles. The monoisotopic (exact) mass is 292 g/mol. The van der Waals surface area contributed by atoms with Gasteiger partial charge in [0.05, 0.1) is 16.9 Å². The van der Waals surface area contributed by atoms with E-state index in [1.165, 1.54) is 17.0 Å². The van der Waals surface area contributed by atoms with Gasteiger partial charge >= 0.3 is 0 Å². The van der Waals surface area contributed by atoms with Crippen molar-refractivity contribution in [3.63, 3.8) is 0 Å². The molecular formula is C18H20N4. The van der Waals surface area contributed by atoms with Crippen molar-refractivity contribution in [3.8, 4) is 5.82 Å². The molecule has 0 spiro atoms. The average Bonchev–Trinajstić information content (AvgIpc) is 2.94. The van der Waals surface area contributed by atoms with E-state index in [1.54, 1.807) is 0 Å². The maximum atomic E-state index is 4.88. The van der Waals surface area contributed by atoms with E-state index in [0.717, 1.165) is 36.2 Å². The van der Waals surface area contributed by atoms with Crippen LogP contribution in [0.15, 0.2) is 36.4 Å². The molecule has 0 saturated heterocycles. The van der Waals surface area contributed by atoms with Gasteiger partial charge in [-0.25, -0.2) is 9.67 Å². The summed E-state index contributed by atoms with van der Waals surface area (Å²) in [5.41, 5.74) is 4.88. The molecule has 1 aliphatic rings. The Balaban J connectivity index is 1.90. The highest BCUT2D eigenvalue weighted by Gasteiger charge is 2.23. The van der Waals surface area contributed by atoms with E-state index >= 15 is 0 Å². The van der Waals surface area contributed by atoms with E-state index in [-0.39, 0.29) is 0 Å². The molecule has 1 aromatic carbocycles. The van der Waals surface area contributed by atoms with Crippen LogP contribution in [0, 0.1) is 0 Å². The number of rotatable bonds is 2. The van der Waals surface area contributed by atoms with E-state index in [1.807, 2.05) is 12.1 Å². The van der Waals surface area contributed by atoms with Crippen molar-refractivity contribution >= 4 is 10.9 Å². The van der Waals surface area contributed by atoms with Crippen molar-refractivity contribution in [2.45, 2.75) is 32.7 Å². The van der Waals surface area contributed by atoms with Gasteiger partial charge in [0.25, 0.3) is 0 Å². The van der Waals surface area contributed by atoms with Crippen molar-refractivity contribution in [1.29, 1.82) is 0 Å². The highest BCUT2D eigenvalue weighted by atomic mass is 15.3. The first-order valence-electron chi connectivity index (χ1n) is 7.91. The van der Waals surface area contributed by atoms with E-state index < -0.39 is 0 Å². The summed E-state index contributed by atoms with van der Waals surface area (Å²) in [4.78, 5) is 4.81. The van der Waals surface area contributed by atoms with Crippen LogP contribution in [0.4, 0.5) is 0 Å². The lowest BCUT2D eigenvalue weighted by atomic mass is 10.0. The van der Waals surface area contributed by atoms with Crippen LogP contribution < -0.4 is 5.32 Å². The number of para-hydroxylation sites is 1. The van der Waals surface area contributed by atoms with Crippen LogP contribution in [-0.2, 0) is 13.0 Å². The number of hydrogen-bond acceptors (Lipinski definition) is 3. The predicted octanol–water partition coefficient (Wildman–Crippen LogP) is 3.19. The summed E-state index contributed by atoms with van der Waals surface area (Å²) in [6.45, 7) is 6.32. The molecule has 112 valence electrons. The molecule has 4 nitrogen and oxygen atoms in total. The minimum Gasteiger partial charge on any atom is -0.312 e. The zero-order valence-corrected chi connectivity index (χ0v) is 13.0. The second-order valence-electron chi connectivity index (χ2n) is 6.17. The van der Waals surface area contributed by atoms with Crippen LogP contribution in [0.1, 0.15) is 36.7 Å². The molecule has 3 aromatic rings. The zero-order valence-electron chi connectivity index (χ0n) is 13.0. The summed E-state index contributed by atoms with van der Waals surface area (Å²) in [6.07, 6.45) is 1.00. The smallest absolute Gasteiger partial charge is 0.154 e. The van der Waals surface area contributed by atoms with Gasteiger partial charge in [0, 0.05) is 30.5 Å². The largest absolute Gasteiger partial charge is 0.312 e. The third-order valence-corrected chi connectivity index (χ3v) is 4.31. The van der Waals surface area contributed by atoms with Crippen LogP contribution in [0.25, 0.3) is 16.7 Å². The highest BCUT2D eigenvalue weighted by molar-refractivity contribution is 5.79. The number of aromatic nitrogens is 3. The van der Waals surface area contributed by atoms with E-state index in [4.69, 9.17) is 10.1 Å². The fourth-order valence-corrected chi connectivity index (χ4v) is 3.20. The molecule has 0 unspecified atom stereocenters. The Kier molecular flexibility index (Phi) is 3.19. The van der Waals surface area contributed by atoms with E-state index in [9.17, 15) is 0 Å². The quantitative estimate of drug-likeness (QED) is 0.789. The van der Waals surface area contributed by atoms with Crippen LogP contribution in [0.2, 0.25) is 0 Å². The van der Waals surface area contributed by atoms with Gasteiger partial charge in [-0.3, -0.25) is 0 Å². The van der Waals surface area contributed by atoms with Crippen LogP contribution >= 0.6 is 0 Å². The predicted molar refractivity (Wildman–Crippen MR) is 88.4 cm³/mol. The first-order valence-corrected chi connectivity index (χ1v) is 7.91. The number of fused-ring (bicyclic) bond motifs is 2. The van der Waals surface area contributed by atoms with Gasteiger partial charge in [0.1, 0.15) is 0 Å². The van der Waals surface area contributed by atoms with E-state index in [0.29, 0.717) is 5.92 Å². The fourth-order valence-electron chi connectivity index (χ4n) is 3.20. The zero-order chi connectivity index (χ0) is 15.1. The number of benzene rings is 1. The summed E-state index contributed by atoms with van der Waals surface area (Å²) in [7, 11) is 0. The second kappa shape index (κ2) is 5.21. The second-order valence-corrected chi connectivity index (χ2v) is 6.17. The van der Waals surface area contributed by atoms with Gasteiger partial charge in [-0.1, -0.05) is 32.0 Å². The molecule has 1 aliphatic heterocycles. The molecule has 4 rings (SSSR count). The Bertz CT molecular complexity index is 832. The summed E-state index contributed by atoms with van der Waals surface area (Å²) in [5, 5.41) is 9.50. The number of nitrogens with zero attached hydrogens (tertiary/aromatic N) is 3. The normalized spacial score (nSPS) is 14.5. The van der Waals surface area contributed by atoms with Crippen molar-refractivity contribution in [1.82, 2.24) is 20.1 Å². The van der Waals surface area contributed by atoms with Crippen molar-refractivity contribution < 1.29 is 0 Å². The maximum Gasteiger partial charge on any atom is 0.154 e. The average molecular weight is 292 g/mol. The van der Waals surface area contributed by atoms with Crippen molar-refractivity contribution in [2.75, 3.05) is 6.54 Å². The topological polar surface area (TPSA) is 42.7 Å². The Labute approximate surface area is 130 Å². The standard InChI is InChI=1S/C18H20N4/c1-12(2)18-14-11-19-10-9-16(14)22(21-18)17-8-7-13-5-3-4-6-15(13)20-17/h3-8,12,19H,9-11H2,1-2H3. The minimum atomic E-state index is 0.426. The first-order chi connectivity index (χ1) is 10.7. The summed E-state index contributed by atoms with van der Waals surface area (Å²) >= 11 is 0. The van der Waals surface area contributed by atoms with Crippen LogP contribution in [0.5, 0.6) is 0 Å². The Morgan fingerprint density at radius 1 is 1.14 bits per heavy atom. The Morgan fingerprint density at radius 3 is 2.86 bits per heavy atom. The Morgan fingerprint density at radius 2 is 2.00 bits per heavy atom. The SMILES string of the molecule is CC(C)c1nn(-c2ccc3ccccc3n2)c2c1CNCC2. The summed E-state index contributed by atoms with van der Waals surface area (Å²) in [5.74, 6) is 1.35. The van der Waals surface area contributed by atoms with Gasteiger partial charge in [-0.05, 0) is 24.1 Å². The third-order valence-electron chi connectivity index (χ3n) is 4.31. The maximum absolute atomic E-state index is 4.88. The lowest BCUT2D eigenvalue weighted by Crippen LogP contribution is -2.25. The van der Waals surface area contributed by atoms with Crippen molar-refractivity contribution in [3.05, 3.63) is 53.3 Å².